The van der Waals surface area contributed by atoms with Gasteiger partial charge in [0.25, 0.3) is 10.0 Å². The fraction of sp³-hybridized carbons (Fsp3) is 0.368. The average molecular weight is 434 g/mol. The first-order chi connectivity index (χ1) is 14.0. The Morgan fingerprint density at radius 2 is 2.00 bits per heavy atom. The summed E-state index contributed by atoms with van der Waals surface area (Å²) in [5, 5.41) is 3.09. The van der Waals surface area contributed by atoms with E-state index >= 15 is 0 Å². The zero-order chi connectivity index (χ0) is 20.4. The zero-order valence-corrected chi connectivity index (χ0v) is 18.0. The van der Waals surface area contributed by atoms with Gasteiger partial charge >= 0.3 is 0 Å². The van der Waals surface area contributed by atoms with Gasteiger partial charge < -0.3 is 14.2 Å². The van der Waals surface area contributed by atoms with Crippen LogP contribution in [0.2, 0.25) is 0 Å². The van der Waals surface area contributed by atoms with Gasteiger partial charge in [-0.3, -0.25) is 0 Å². The van der Waals surface area contributed by atoms with Crippen LogP contribution in [0.25, 0.3) is 0 Å². The smallest absolute Gasteiger partial charge is 0.262 e. The molecule has 0 aliphatic carbocycles. The second kappa shape index (κ2) is 8.13. The number of thiazole rings is 1. The molecule has 0 amide bonds. The Bertz CT molecular complexity index is 1080. The second-order valence-corrected chi connectivity index (χ2v) is 9.64. The molecule has 0 bridgehead atoms. The lowest BCUT2D eigenvalue weighted by Crippen LogP contribution is -2.48. The van der Waals surface area contributed by atoms with Crippen LogP contribution in [0.15, 0.2) is 47.2 Å². The normalized spacial score (nSPS) is 15.6. The Hall–Kier alpha value is -2.43. The summed E-state index contributed by atoms with van der Waals surface area (Å²) in [5.41, 5.74) is 2.15. The molecule has 0 unspecified atom stereocenters. The number of aromatic nitrogens is 3. The van der Waals surface area contributed by atoms with Crippen molar-refractivity contribution < 1.29 is 13.2 Å². The van der Waals surface area contributed by atoms with Crippen molar-refractivity contribution in [3.05, 3.63) is 53.4 Å². The first-order valence-electron chi connectivity index (χ1n) is 9.26. The number of hydrogen-bond acceptors (Lipinski definition) is 7. The average Bonchev–Trinajstić information content (AvgIpc) is 3.38. The molecule has 0 N–H and O–H groups in total. The Morgan fingerprint density at radius 3 is 2.69 bits per heavy atom. The summed E-state index contributed by atoms with van der Waals surface area (Å²) in [6, 6.07) is 7.97. The van der Waals surface area contributed by atoms with Crippen LogP contribution in [0.5, 0.6) is 5.75 Å². The number of piperazine rings is 1. The highest BCUT2D eigenvalue weighted by atomic mass is 32.2. The van der Waals surface area contributed by atoms with E-state index in [0.717, 1.165) is 28.6 Å². The predicted molar refractivity (Wildman–Crippen MR) is 112 cm³/mol. The first kappa shape index (κ1) is 19.9. The number of rotatable bonds is 6. The third kappa shape index (κ3) is 4.29. The topological polar surface area (TPSA) is 80.6 Å². The molecule has 1 aliphatic rings. The lowest BCUT2D eigenvalue weighted by molar-refractivity contribution is 0.383. The Morgan fingerprint density at radius 1 is 1.21 bits per heavy atom. The third-order valence-electron chi connectivity index (χ3n) is 4.85. The molecule has 29 heavy (non-hydrogen) atoms. The van der Waals surface area contributed by atoms with E-state index in [0.29, 0.717) is 26.2 Å². The van der Waals surface area contributed by atoms with Gasteiger partial charge in [0.2, 0.25) is 0 Å². The summed E-state index contributed by atoms with van der Waals surface area (Å²) in [6.07, 6.45) is 3.78. The van der Waals surface area contributed by atoms with Gasteiger partial charge in [-0.25, -0.2) is 18.4 Å². The van der Waals surface area contributed by atoms with Crippen LogP contribution in [0.4, 0.5) is 5.13 Å². The van der Waals surface area contributed by atoms with E-state index in [4.69, 9.17) is 9.72 Å². The minimum Gasteiger partial charge on any atom is -0.497 e. The van der Waals surface area contributed by atoms with Crippen molar-refractivity contribution in [3.63, 3.8) is 0 Å². The molecule has 8 nitrogen and oxygen atoms in total. The lowest BCUT2D eigenvalue weighted by atomic mass is 10.1. The third-order valence-corrected chi connectivity index (χ3v) is 7.59. The van der Waals surface area contributed by atoms with Gasteiger partial charge in [0.1, 0.15) is 5.75 Å². The Kier molecular flexibility index (Phi) is 5.57. The molecule has 0 spiro atoms. The molecular formula is C19H23N5O3S2. The lowest BCUT2D eigenvalue weighted by Gasteiger charge is -2.33. The number of nitrogens with zero attached hydrogens (tertiary/aromatic N) is 5. The number of hydrogen-bond donors (Lipinski definition) is 0. The van der Waals surface area contributed by atoms with Gasteiger partial charge in [0.15, 0.2) is 10.2 Å². The maximum absolute atomic E-state index is 12.7. The molecule has 1 fully saturated rings. The van der Waals surface area contributed by atoms with Crippen LogP contribution in [0.3, 0.4) is 0 Å². The highest BCUT2D eigenvalue weighted by Gasteiger charge is 2.30. The fourth-order valence-corrected chi connectivity index (χ4v) is 5.56. The molecule has 0 radical (unpaired) electrons. The van der Waals surface area contributed by atoms with E-state index in [1.807, 2.05) is 18.2 Å². The quantitative estimate of drug-likeness (QED) is 0.591. The standard InChI is InChI=1S/C19H23N5O3S2/c1-22-12-18(20-14-22)29(25,26)24-8-6-23(7-9-24)19-21-16(13-28-19)10-15-4-3-5-17(11-15)27-2/h3-5,11-14H,6-10H2,1-2H3. The van der Waals surface area contributed by atoms with Gasteiger partial charge in [0.05, 0.1) is 19.1 Å². The number of benzene rings is 1. The summed E-state index contributed by atoms with van der Waals surface area (Å²) in [7, 11) is -0.123. The van der Waals surface area contributed by atoms with E-state index in [1.165, 1.54) is 16.8 Å². The highest BCUT2D eigenvalue weighted by molar-refractivity contribution is 7.89. The summed E-state index contributed by atoms with van der Waals surface area (Å²) in [6.45, 7) is 2.06. The van der Waals surface area contributed by atoms with Crippen molar-refractivity contribution in [2.24, 2.45) is 7.05 Å². The molecule has 1 saturated heterocycles. The van der Waals surface area contributed by atoms with E-state index in [9.17, 15) is 8.42 Å². The molecule has 154 valence electrons. The number of ether oxygens (including phenoxy) is 1. The first-order valence-corrected chi connectivity index (χ1v) is 11.6. The Balaban J connectivity index is 1.39. The van der Waals surface area contributed by atoms with Crippen molar-refractivity contribution in [1.82, 2.24) is 18.8 Å². The van der Waals surface area contributed by atoms with E-state index in [2.05, 4.69) is 21.3 Å². The minimum atomic E-state index is -3.54. The van der Waals surface area contributed by atoms with Gasteiger partial charge in [-0.05, 0) is 17.7 Å². The van der Waals surface area contributed by atoms with E-state index < -0.39 is 10.0 Å². The van der Waals surface area contributed by atoms with Gasteiger partial charge in [0, 0.05) is 51.2 Å². The maximum Gasteiger partial charge on any atom is 0.262 e. The van der Waals surface area contributed by atoms with Crippen LogP contribution in [-0.2, 0) is 23.5 Å². The second-order valence-electron chi connectivity index (χ2n) is 6.92. The molecule has 2 aromatic heterocycles. The fourth-order valence-electron chi connectivity index (χ4n) is 3.29. The number of methoxy groups -OCH3 is 1. The van der Waals surface area contributed by atoms with Crippen LogP contribution in [0, 0.1) is 0 Å². The number of sulfonamides is 1. The summed E-state index contributed by atoms with van der Waals surface area (Å²) < 4.78 is 33.8. The number of aryl methyl sites for hydroxylation is 1. The van der Waals surface area contributed by atoms with Crippen molar-refractivity contribution in [1.29, 1.82) is 0 Å². The summed E-state index contributed by atoms with van der Waals surface area (Å²) in [5.74, 6) is 0.836. The van der Waals surface area contributed by atoms with E-state index in [1.54, 1.807) is 30.1 Å². The monoisotopic (exact) mass is 433 g/mol. The maximum atomic E-state index is 12.7. The number of anilines is 1. The minimum absolute atomic E-state index is 0.100. The van der Waals surface area contributed by atoms with Crippen LogP contribution in [-0.4, -0.2) is 60.5 Å². The summed E-state index contributed by atoms with van der Waals surface area (Å²) in [4.78, 5) is 10.9. The van der Waals surface area contributed by atoms with E-state index in [-0.39, 0.29) is 5.03 Å². The van der Waals surface area contributed by atoms with Gasteiger partial charge in [-0.2, -0.15) is 4.31 Å². The van der Waals surface area contributed by atoms with Crippen molar-refractivity contribution in [2.75, 3.05) is 38.2 Å². The largest absolute Gasteiger partial charge is 0.497 e. The molecule has 1 aromatic carbocycles. The van der Waals surface area contributed by atoms with Crippen molar-refractivity contribution in [2.45, 2.75) is 11.4 Å². The molecule has 0 atom stereocenters. The van der Waals surface area contributed by atoms with Crippen molar-refractivity contribution in [3.8, 4) is 5.75 Å². The summed E-state index contributed by atoms with van der Waals surface area (Å²) >= 11 is 1.59. The molecule has 0 saturated carbocycles. The van der Waals surface area contributed by atoms with Crippen LogP contribution in [0.1, 0.15) is 11.3 Å². The van der Waals surface area contributed by atoms with Gasteiger partial charge in [-0.1, -0.05) is 12.1 Å². The molecule has 3 aromatic rings. The molecule has 10 heteroatoms. The SMILES string of the molecule is COc1cccc(Cc2csc(N3CCN(S(=O)(=O)c4cn(C)cn4)CC3)n2)c1. The molecular weight excluding hydrogens is 410 g/mol. The predicted octanol–water partition coefficient (Wildman–Crippen LogP) is 1.99. The molecule has 3 heterocycles. The number of imidazole rings is 1. The molecule has 4 rings (SSSR count). The van der Waals surface area contributed by atoms with Gasteiger partial charge in [-0.15, -0.1) is 11.3 Å². The van der Waals surface area contributed by atoms with Crippen LogP contribution >= 0.6 is 11.3 Å². The molecule has 1 aliphatic heterocycles. The Labute approximate surface area is 174 Å². The highest BCUT2D eigenvalue weighted by Crippen LogP contribution is 2.25. The van der Waals surface area contributed by atoms with Crippen LogP contribution < -0.4 is 9.64 Å². The van der Waals surface area contributed by atoms with Crippen molar-refractivity contribution >= 4 is 26.5 Å². The zero-order valence-electron chi connectivity index (χ0n) is 16.4.